The molecule has 8 heteroatoms. The molecule has 0 spiro atoms. The molecule has 1 heterocycles. The molecule has 0 fully saturated rings. The van der Waals surface area contributed by atoms with E-state index >= 15 is 0 Å². The van der Waals surface area contributed by atoms with E-state index in [1.807, 2.05) is 59.2 Å². The Morgan fingerprint density at radius 1 is 1.17 bits per heavy atom. The van der Waals surface area contributed by atoms with E-state index in [0.29, 0.717) is 28.2 Å². The van der Waals surface area contributed by atoms with E-state index in [4.69, 9.17) is 16.3 Å². The van der Waals surface area contributed by atoms with E-state index in [-0.39, 0.29) is 12.5 Å². The van der Waals surface area contributed by atoms with Crippen LogP contribution in [-0.2, 0) is 17.8 Å². The molecule has 2 aromatic carbocycles. The van der Waals surface area contributed by atoms with E-state index in [9.17, 15) is 4.79 Å². The molecule has 0 saturated heterocycles. The van der Waals surface area contributed by atoms with Gasteiger partial charge in [-0.25, -0.2) is 0 Å². The summed E-state index contributed by atoms with van der Waals surface area (Å²) in [5, 5.41) is 12.6. The van der Waals surface area contributed by atoms with Crippen LogP contribution in [0.4, 0.5) is 0 Å². The summed E-state index contributed by atoms with van der Waals surface area (Å²) in [7, 11) is 1.62. The highest BCUT2D eigenvalue weighted by Crippen LogP contribution is 2.25. The fourth-order valence-electron chi connectivity index (χ4n) is 2.66. The number of aromatic nitrogens is 3. The highest BCUT2D eigenvalue weighted by Gasteiger charge is 2.16. The molecule has 0 atom stereocenters. The maximum atomic E-state index is 12.3. The molecule has 0 aliphatic carbocycles. The number of carbonyl (C=O) groups excluding carboxylic acids is 1. The zero-order valence-corrected chi connectivity index (χ0v) is 17.5. The molecule has 3 aromatic rings. The number of carbonyl (C=O) groups is 1. The molecule has 1 aromatic heterocycles. The summed E-state index contributed by atoms with van der Waals surface area (Å²) in [5.41, 5.74) is 1.82. The first-order chi connectivity index (χ1) is 14.1. The molecule has 0 unspecified atom stereocenters. The summed E-state index contributed by atoms with van der Waals surface area (Å²) >= 11 is 7.34. The van der Waals surface area contributed by atoms with Crippen LogP contribution >= 0.6 is 23.4 Å². The maximum absolute atomic E-state index is 12.3. The van der Waals surface area contributed by atoms with Crippen LogP contribution in [0.2, 0.25) is 0 Å². The van der Waals surface area contributed by atoms with Gasteiger partial charge in [-0.3, -0.25) is 9.36 Å². The number of halogens is 1. The lowest BCUT2D eigenvalue weighted by atomic mass is 10.1. The average molecular weight is 429 g/mol. The summed E-state index contributed by atoms with van der Waals surface area (Å²) in [6.45, 7) is 3.97. The van der Waals surface area contributed by atoms with Crippen molar-refractivity contribution >= 4 is 29.3 Å². The number of nitrogens with zero attached hydrogens (tertiary/aromatic N) is 3. The van der Waals surface area contributed by atoms with Crippen LogP contribution < -0.4 is 10.1 Å². The molecule has 0 aliphatic heterocycles. The molecule has 29 heavy (non-hydrogen) atoms. The van der Waals surface area contributed by atoms with Crippen LogP contribution in [0, 0.1) is 0 Å². The fraction of sp³-hybridized carbons (Fsp3) is 0.190. The lowest BCUT2D eigenvalue weighted by Crippen LogP contribution is -2.26. The Morgan fingerprint density at radius 2 is 1.90 bits per heavy atom. The van der Waals surface area contributed by atoms with Crippen LogP contribution in [-0.4, -0.2) is 33.5 Å². The van der Waals surface area contributed by atoms with Gasteiger partial charge in [-0.05, 0) is 29.8 Å². The number of rotatable bonds is 9. The minimum absolute atomic E-state index is 0.0798. The van der Waals surface area contributed by atoms with Crippen molar-refractivity contribution in [2.45, 2.75) is 18.1 Å². The third kappa shape index (κ3) is 5.85. The molecule has 0 radical (unpaired) electrons. The number of ether oxygens (including phenoxy) is 1. The molecular formula is C21H21ClN4O2S. The largest absolute Gasteiger partial charge is 0.497 e. The van der Waals surface area contributed by atoms with Crippen molar-refractivity contribution in [3.8, 4) is 11.4 Å². The van der Waals surface area contributed by atoms with Crippen molar-refractivity contribution in [2.75, 3.05) is 12.9 Å². The second-order valence-electron chi connectivity index (χ2n) is 6.18. The Morgan fingerprint density at radius 3 is 2.55 bits per heavy atom. The maximum Gasteiger partial charge on any atom is 0.224 e. The minimum Gasteiger partial charge on any atom is -0.497 e. The second-order valence-corrected chi connectivity index (χ2v) is 7.65. The quantitative estimate of drug-likeness (QED) is 0.522. The first kappa shape index (κ1) is 21.0. The van der Waals surface area contributed by atoms with Crippen LogP contribution in [0.5, 0.6) is 5.75 Å². The summed E-state index contributed by atoms with van der Waals surface area (Å²) < 4.78 is 7.13. The van der Waals surface area contributed by atoms with Gasteiger partial charge in [0.05, 0.1) is 20.1 Å². The topological polar surface area (TPSA) is 69.0 Å². The van der Waals surface area contributed by atoms with E-state index in [1.165, 1.54) is 11.8 Å². The summed E-state index contributed by atoms with van der Waals surface area (Å²) in [4.78, 5) is 12.3. The predicted octanol–water partition coefficient (Wildman–Crippen LogP) is 3.98. The zero-order valence-electron chi connectivity index (χ0n) is 16.0. The fourth-order valence-corrected chi connectivity index (χ4v) is 3.55. The number of hydrogen-bond donors (Lipinski definition) is 1. The minimum atomic E-state index is -0.0798. The van der Waals surface area contributed by atoms with E-state index in [1.54, 1.807) is 7.11 Å². The van der Waals surface area contributed by atoms with Gasteiger partial charge in [-0.2, -0.15) is 0 Å². The molecule has 150 valence electrons. The monoisotopic (exact) mass is 428 g/mol. The van der Waals surface area contributed by atoms with Crippen molar-refractivity contribution in [2.24, 2.45) is 0 Å². The van der Waals surface area contributed by atoms with Gasteiger partial charge in [0.1, 0.15) is 5.75 Å². The summed E-state index contributed by atoms with van der Waals surface area (Å²) in [6.07, 6.45) is 0.311. The Labute approximate surface area is 178 Å². The number of thioether (sulfide) groups is 1. The zero-order chi connectivity index (χ0) is 20.6. The van der Waals surface area contributed by atoms with Gasteiger partial charge in [0.15, 0.2) is 11.0 Å². The molecule has 3 rings (SSSR count). The number of benzene rings is 2. The van der Waals surface area contributed by atoms with Gasteiger partial charge in [-0.1, -0.05) is 60.3 Å². The Bertz CT molecular complexity index is 974. The Kier molecular flexibility index (Phi) is 7.32. The van der Waals surface area contributed by atoms with E-state index in [0.717, 1.165) is 17.0 Å². The van der Waals surface area contributed by atoms with Gasteiger partial charge in [0, 0.05) is 16.5 Å². The number of nitrogens with one attached hydrogen (secondary N) is 1. The average Bonchev–Trinajstić information content (AvgIpc) is 3.14. The van der Waals surface area contributed by atoms with Crippen molar-refractivity contribution < 1.29 is 9.53 Å². The SMILES string of the molecule is C=C(Cl)CSc1nnc(CNC(=O)Cc2ccccc2)n1-c1ccc(OC)cc1. The van der Waals surface area contributed by atoms with Crippen molar-refractivity contribution in [1.29, 1.82) is 0 Å². The standard InChI is InChI=1S/C21H21ClN4O2S/c1-15(22)14-29-21-25-24-19(26(21)17-8-10-18(28-2)11-9-17)13-23-20(27)12-16-6-4-3-5-7-16/h3-11H,1,12-14H2,2H3,(H,23,27). The smallest absolute Gasteiger partial charge is 0.224 e. The van der Waals surface area contributed by atoms with E-state index in [2.05, 4.69) is 22.1 Å². The van der Waals surface area contributed by atoms with Crippen LogP contribution in [0.3, 0.4) is 0 Å². The second kappa shape index (κ2) is 10.1. The van der Waals surface area contributed by atoms with Gasteiger partial charge in [0.25, 0.3) is 0 Å². The third-order valence-corrected chi connectivity index (χ3v) is 5.35. The molecular weight excluding hydrogens is 408 g/mol. The lowest BCUT2D eigenvalue weighted by molar-refractivity contribution is -0.120. The normalized spacial score (nSPS) is 10.6. The highest BCUT2D eigenvalue weighted by molar-refractivity contribution is 7.99. The molecule has 1 N–H and O–H groups in total. The van der Waals surface area contributed by atoms with Crippen LogP contribution in [0.15, 0.2) is 71.4 Å². The van der Waals surface area contributed by atoms with Gasteiger partial charge in [0.2, 0.25) is 5.91 Å². The molecule has 0 bridgehead atoms. The first-order valence-corrected chi connectivity index (χ1v) is 10.3. The van der Waals surface area contributed by atoms with Gasteiger partial charge >= 0.3 is 0 Å². The molecule has 6 nitrogen and oxygen atoms in total. The van der Waals surface area contributed by atoms with Crippen molar-refractivity contribution in [1.82, 2.24) is 20.1 Å². The van der Waals surface area contributed by atoms with Gasteiger partial charge in [-0.15, -0.1) is 10.2 Å². The Hall–Kier alpha value is -2.77. The number of amides is 1. The number of methoxy groups -OCH3 is 1. The number of hydrogen-bond acceptors (Lipinski definition) is 5. The van der Waals surface area contributed by atoms with Crippen molar-refractivity contribution in [3.05, 3.63) is 77.6 Å². The Balaban J connectivity index is 1.77. The molecule has 1 amide bonds. The van der Waals surface area contributed by atoms with E-state index < -0.39 is 0 Å². The van der Waals surface area contributed by atoms with Crippen LogP contribution in [0.1, 0.15) is 11.4 Å². The highest BCUT2D eigenvalue weighted by atomic mass is 35.5. The predicted molar refractivity (Wildman–Crippen MR) is 116 cm³/mol. The molecule has 0 aliphatic rings. The summed E-state index contributed by atoms with van der Waals surface area (Å²) in [5.74, 6) is 1.81. The van der Waals surface area contributed by atoms with Gasteiger partial charge < -0.3 is 10.1 Å². The molecule has 0 saturated carbocycles. The van der Waals surface area contributed by atoms with Crippen LogP contribution in [0.25, 0.3) is 5.69 Å². The third-order valence-electron chi connectivity index (χ3n) is 4.04. The first-order valence-electron chi connectivity index (χ1n) is 8.92. The lowest BCUT2D eigenvalue weighted by Gasteiger charge is -2.11. The summed E-state index contributed by atoms with van der Waals surface area (Å²) in [6, 6.07) is 17.2. The van der Waals surface area contributed by atoms with Crippen molar-refractivity contribution in [3.63, 3.8) is 0 Å².